The quantitative estimate of drug-likeness (QED) is 0.195. The minimum absolute atomic E-state index is 0.269. The maximum Gasteiger partial charge on any atom is 0.451 e. The molecule has 1 aliphatic heterocycles. The van der Waals surface area contributed by atoms with E-state index in [2.05, 4.69) is 9.80 Å². The van der Waals surface area contributed by atoms with E-state index in [0.29, 0.717) is 30.6 Å². The molecule has 192 valence electrons. The van der Waals surface area contributed by atoms with Gasteiger partial charge in [0.1, 0.15) is 5.54 Å². The van der Waals surface area contributed by atoms with Crippen LogP contribution in [0.3, 0.4) is 0 Å². The number of rotatable bonds is 14. The Balaban J connectivity index is 1.76. The Morgan fingerprint density at radius 2 is 1.65 bits per heavy atom. The number of nitrogens with zero attached hydrogens (tertiary/aromatic N) is 2. The summed E-state index contributed by atoms with van der Waals surface area (Å²) in [5.74, 6) is -0.383. The number of sulfone groups is 1. The zero-order chi connectivity index (χ0) is 25.2. The van der Waals surface area contributed by atoms with Crippen molar-refractivity contribution in [1.82, 2.24) is 9.80 Å². The molecular weight excluding hydrogens is 457 g/mol. The third kappa shape index (κ3) is 9.63. The highest BCUT2D eigenvalue weighted by atomic mass is 32.2. The van der Waals surface area contributed by atoms with Crippen molar-refractivity contribution < 1.29 is 28.0 Å². The molecule has 1 saturated heterocycles. The molecule has 9 nitrogen and oxygen atoms in total. The van der Waals surface area contributed by atoms with E-state index in [4.69, 9.17) is 20.5 Å². The summed E-state index contributed by atoms with van der Waals surface area (Å²) < 4.78 is 28.4. The second-order valence-corrected chi connectivity index (χ2v) is 11.3. The van der Waals surface area contributed by atoms with Crippen molar-refractivity contribution in [3.63, 3.8) is 0 Å². The number of unbranched alkanes of at least 4 members (excludes halogenated alkanes) is 1. The summed E-state index contributed by atoms with van der Waals surface area (Å²) in [6.45, 7) is 7.37. The van der Waals surface area contributed by atoms with Crippen LogP contribution in [-0.2, 0) is 25.9 Å². The second kappa shape index (κ2) is 13.6. The topological polar surface area (TPSA) is 133 Å². The number of ether oxygens (including phenoxy) is 1. The van der Waals surface area contributed by atoms with E-state index in [1.807, 2.05) is 12.1 Å². The average molecular weight is 497 g/mol. The van der Waals surface area contributed by atoms with E-state index in [0.717, 1.165) is 51.3 Å². The molecule has 1 aromatic carbocycles. The van der Waals surface area contributed by atoms with Gasteiger partial charge in [-0.1, -0.05) is 25.0 Å². The van der Waals surface area contributed by atoms with E-state index in [-0.39, 0.29) is 18.9 Å². The maximum absolute atomic E-state index is 12.5. The molecule has 0 amide bonds. The summed E-state index contributed by atoms with van der Waals surface area (Å²) in [4.78, 5) is 17.5. The molecule has 4 N–H and O–H groups in total. The van der Waals surface area contributed by atoms with Crippen LogP contribution in [0.1, 0.15) is 44.6 Å². The summed E-state index contributed by atoms with van der Waals surface area (Å²) >= 11 is 0. The Hall–Kier alpha value is -1.50. The first-order valence-electron chi connectivity index (χ1n) is 12.1. The fourth-order valence-electron chi connectivity index (χ4n) is 4.26. The zero-order valence-corrected chi connectivity index (χ0v) is 21.3. The Morgan fingerprint density at radius 3 is 2.21 bits per heavy atom. The van der Waals surface area contributed by atoms with Crippen molar-refractivity contribution in [1.29, 1.82) is 0 Å². The zero-order valence-electron chi connectivity index (χ0n) is 20.5. The van der Waals surface area contributed by atoms with Crippen molar-refractivity contribution in [2.75, 3.05) is 45.6 Å². The van der Waals surface area contributed by atoms with Crippen molar-refractivity contribution in [2.24, 2.45) is 5.73 Å². The van der Waals surface area contributed by atoms with Crippen LogP contribution >= 0.6 is 0 Å². The highest BCUT2D eigenvalue weighted by Gasteiger charge is 2.34. The summed E-state index contributed by atoms with van der Waals surface area (Å²) in [6, 6.07) is 7.07. The average Bonchev–Trinajstić information content (AvgIpc) is 2.78. The molecule has 1 unspecified atom stereocenters. The molecule has 1 atom stereocenters. The molecule has 0 aromatic heterocycles. The van der Waals surface area contributed by atoms with Gasteiger partial charge in [0.25, 0.3) is 0 Å². The lowest BCUT2D eigenvalue weighted by Gasteiger charge is -2.35. The molecule has 1 heterocycles. The molecular formula is C23H40BN3O6S. The molecule has 0 saturated carbocycles. The number of hydrogen-bond donors (Lipinski definition) is 3. The molecule has 1 fully saturated rings. The number of benzene rings is 1. The molecule has 2 rings (SSSR count). The lowest BCUT2D eigenvalue weighted by molar-refractivity contribution is -0.150. The first-order chi connectivity index (χ1) is 16.0. The highest BCUT2D eigenvalue weighted by Crippen LogP contribution is 2.22. The van der Waals surface area contributed by atoms with Crippen LogP contribution in [0.5, 0.6) is 0 Å². The van der Waals surface area contributed by atoms with Crippen LogP contribution in [0, 0.1) is 0 Å². The summed E-state index contributed by atoms with van der Waals surface area (Å²) in [5, 5.41) is 18.0. The molecule has 0 spiro atoms. The second-order valence-electron chi connectivity index (χ2n) is 9.24. The molecule has 0 radical (unpaired) electrons. The van der Waals surface area contributed by atoms with Gasteiger partial charge in [-0.15, -0.1) is 0 Å². The highest BCUT2D eigenvalue weighted by molar-refractivity contribution is 7.90. The summed E-state index contributed by atoms with van der Waals surface area (Å²) in [7, 11) is -4.51. The van der Waals surface area contributed by atoms with Gasteiger partial charge in [-0.2, -0.15) is 0 Å². The third-order valence-corrected chi connectivity index (χ3v) is 7.47. The van der Waals surface area contributed by atoms with E-state index >= 15 is 0 Å². The molecule has 0 aliphatic carbocycles. The Kier molecular flexibility index (Phi) is 11.5. The minimum atomic E-state index is -3.18. The van der Waals surface area contributed by atoms with Crippen LogP contribution < -0.4 is 5.73 Å². The van der Waals surface area contributed by atoms with Gasteiger partial charge >= 0.3 is 13.1 Å². The van der Waals surface area contributed by atoms with Crippen LogP contribution in [0.25, 0.3) is 0 Å². The van der Waals surface area contributed by atoms with Crippen LogP contribution in [-0.4, -0.2) is 92.5 Å². The van der Waals surface area contributed by atoms with E-state index < -0.39 is 22.5 Å². The summed E-state index contributed by atoms with van der Waals surface area (Å²) in [5.41, 5.74) is 6.49. The van der Waals surface area contributed by atoms with Gasteiger partial charge in [0.2, 0.25) is 0 Å². The first-order valence-corrected chi connectivity index (χ1v) is 14.0. The molecule has 34 heavy (non-hydrogen) atoms. The lowest BCUT2D eigenvalue weighted by Crippen LogP contribution is -2.50. The predicted molar refractivity (Wildman–Crippen MR) is 133 cm³/mol. The third-order valence-electron chi connectivity index (χ3n) is 6.34. The van der Waals surface area contributed by atoms with E-state index in [1.165, 1.54) is 6.26 Å². The molecule has 1 aromatic rings. The number of carbonyl (C=O) groups excluding carboxylic acids is 1. The van der Waals surface area contributed by atoms with E-state index in [1.54, 1.807) is 19.1 Å². The number of esters is 1. The molecule has 1 aliphatic rings. The SMILES string of the molecule is CCOC(=O)C(N)(CCCCB(O)O)CCCN1CCN(Cc2ccc(S(C)(=O)=O)cc2)CC1. The van der Waals surface area contributed by atoms with Crippen molar-refractivity contribution >= 4 is 22.9 Å². The number of nitrogens with two attached hydrogens (primary N) is 1. The van der Waals surface area contributed by atoms with Crippen molar-refractivity contribution in [3.8, 4) is 0 Å². The Bertz CT molecular complexity index is 860. The number of hydrogen-bond acceptors (Lipinski definition) is 9. The van der Waals surface area contributed by atoms with Gasteiger partial charge in [0.15, 0.2) is 9.84 Å². The van der Waals surface area contributed by atoms with Gasteiger partial charge < -0.3 is 25.4 Å². The fraction of sp³-hybridized carbons (Fsp3) is 0.696. The Morgan fingerprint density at radius 1 is 1.06 bits per heavy atom. The van der Waals surface area contributed by atoms with Gasteiger partial charge in [0, 0.05) is 39.0 Å². The van der Waals surface area contributed by atoms with Crippen LogP contribution in [0.4, 0.5) is 0 Å². The number of carbonyl (C=O) groups is 1. The smallest absolute Gasteiger partial charge is 0.451 e. The van der Waals surface area contributed by atoms with Gasteiger partial charge in [-0.3, -0.25) is 9.69 Å². The standard InChI is InChI=1S/C23H40BN3O6S/c1-3-33-22(28)23(25,11-4-5-13-24(29)30)12-6-14-26-15-17-27(18-16-26)19-20-7-9-21(10-8-20)34(2,31)32/h7-10,29-30H,3-6,11-19,25H2,1-2H3. The largest absolute Gasteiger partial charge is 0.465 e. The Labute approximate surface area is 204 Å². The summed E-state index contributed by atoms with van der Waals surface area (Å²) in [6.07, 6.45) is 4.48. The minimum Gasteiger partial charge on any atom is -0.465 e. The maximum atomic E-state index is 12.5. The van der Waals surface area contributed by atoms with Gasteiger partial charge in [-0.05, 0) is 56.7 Å². The lowest BCUT2D eigenvalue weighted by atomic mass is 9.81. The van der Waals surface area contributed by atoms with Gasteiger partial charge in [-0.25, -0.2) is 8.42 Å². The fourth-order valence-corrected chi connectivity index (χ4v) is 4.89. The molecule has 11 heteroatoms. The van der Waals surface area contributed by atoms with Crippen molar-refractivity contribution in [2.45, 2.75) is 62.3 Å². The van der Waals surface area contributed by atoms with E-state index in [9.17, 15) is 13.2 Å². The first kappa shape index (κ1) is 28.7. The van der Waals surface area contributed by atoms with Gasteiger partial charge in [0.05, 0.1) is 11.5 Å². The van der Waals surface area contributed by atoms with Crippen LogP contribution in [0.2, 0.25) is 6.32 Å². The number of piperazine rings is 1. The monoisotopic (exact) mass is 497 g/mol. The van der Waals surface area contributed by atoms with Crippen LogP contribution in [0.15, 0.2) is 29.2 Å². The molecule has 0 bridgehead atoms. The normalized spacial score (nSPS) is 17.3. The predicted octanol–water partition coefficient (Wildman–Crippen LogP) is 0.892. The van der Waals surface area contributed by atoms with Crippen molar-refractivity contribution in [3.05, 3.63) is 29.8 Å².